The number of nitriles is 1. The van der Waals surface area contributed by atoms with Crippen LogP contribution in [-0.2, 0) is 17.8 Å². The number of hydrogen-bond acceptors (Lipinski definition) is 6. The van der Waals surface area contributed by atoms with Crippen molar-refractivity contribution >= 4 is 17.2 Å². The Bertz CT molecular complexity index is 699. The lowest BCUT2D eigenvalue weighted by Crippen LogP contribution is -2.38. The van der Waals surface area contributed by atoms with Crippen molar-refractivity contribution in [3.8, 4) is 11.3 Å². The molecule has 1 fully saturated rings. The van der Waals surface area contributed by atoms with Crippen molar-refractivity contribution in [2.45, 2.75) is 64.0 Å². The Kier molecular flexibility index (Phi) is 7.57. The van der Waals surface area contributed by atoms with Gasteiger partial charge in [0.15, 0.2) is 6.61 Å². The van der Waals surface area contributed by atoms with Gasteiger partial charge in [-0.15, -0.1) is 0 Å². The summed E-state index contributed by atoms with van der Waals surface area (Å²) in [5.74, 6) is 0.487. The predicted molar refractivity (Wildman–Crippen MR) is 101 cm³/mol. The van der Waals surface area contributed by atoms with Gasteiger partial charge >= 0.3 is 0 Å². The van der Waals surface area contributed by atoms with Gasteiger partial charge < -0.3 is 10.1 Å². The molecule has 2 aliphatic rings. The second-order valence-corrected chi connectivity index (χ2v) is 8.53. The van der Waals surface area contributed by atoms with E-state index in [2.05, 4.69) is 15.2 Å². The van der Waals surface area contributed by atoms with Crippen LogP contribution in [0.1, 0.15) is 49.1 Å². The Balaban J connectivity index is 1.37. The fourth-order valence-electron chi connectivity index (χ4n) is 3.93. The zero-order valence-corrected chi connectivity index (χ0v) is 16.6. The number of carbonyl (C=O) groups is 1. The molecular weight excluding hydrogens is 386 g/mol. The molecule has 0 bridgehead atoms. The van der Waals surface area contributed by atoms with Gasteiger partial charge in [-0.3, -0.25) is 9.69 Å². The average Bonchev–Trinajstić information content (AvgIpc) is 3.08. The van der Waals surface area contributed by atoms with Crippen LogP contribution in [0, 0.1) is 17.2 Å². The van der Waals surface area contributed by atoms with E-state index in [1.54, 1.807) is 0 Å². The van der Waals surface area contributed by atoms with E-state index in [-0.39, 0.29) is 18.4 Å². The Morgan fingerprint density at radius 2 is 2.18 bits per heavy atom. The summed E-state index contributed by atoms with van der Waals surface area (Å²) in [6.07, 6.45) is 3.61. The van der Waals surface area contributed by atoms with Crippen LogP contribution in [0.4, 0.5) is 8.78 Å². The number of alkyl halides is 2. The van der Waals surface area contributed by atoms with Crippen LogP contribution in [0.5, 0.6) is 5.19 Å². The van der Waals surface area contributed by atoms with Crippen LogP contribution < -0.4 is 10.1 Å². The first-order valence-electron chi connectivity index (χ1n) is 9.81. The first kappa shape index (κ1) is 20.9. The Morgan fingerprint density at radius 1 is 1.39 bits per heavy atom. The summed E-state index contributed by atoms with van der Waals surface area (Å²) in [4.78, 5) is 19.4. The number of nitrogens with one attached hydrogen (secondary N) is 1. The summed E-state index contributed by atoms with van der Waals surface area (Å²) in [6.45, 7) is 2.11. The second-order valence-electron chi connectivity index (χ2n) is 7.49. The number of ether oxygens (including phenoxy) is 1. The van der Waals surface area contributed by atoms with Gasteiger partial charge in [0, 0.05) is 24.0 Å². The third kappa shape index (κ3) is 6.11. The molecule has 28 heavy (non-hydrogen) atoms. The molecule has 1 aromatic rings. The lowest BCUT2D eigenvalue weighted by molar-refractivity contribution is -0.121. The Morgan fingerprint density at radius 3 is 2.89 bits per heavy atom. The highest BCUT2D eigenvalue weighted by Gasteiger charge is 2.25. The van der Waals surface area contributed by atoms with Gasteiger partial charge in [0.2, 0.25) is 5.91 Å². The van der Waals surface area contributed by atoms with E-state index in [0.29, 0.717) is 11.1 Å². The smallest absolute Gasteiger partial charge is 0.273 e. The summed E-state index contributed by atoms with van der Waals surface area (Å²) in [5, 5.41) is 11.8. The van der Waals surface area contributed by atoms with Gasteiger partial charge in [-0.2, -0.15) is 5.26 Å². The van der Waals surface area contributed by atoms with Gasteiger partial charge in [-0.25, -0.2) is 13.8 Å². The first-order valence-corrected chi connectivity index (χ1v) is 10.6. The van der Waals surface area contributed by atoms with Crippen LogP contribution in [0.15, 0.2) is 0 Å². The normalized spacial score (nSPS) is 22.5. The maximum absolute atomic E-state index is 12.3. The highest BCUT2D eigenvalue weighted by atomic mass is 32.1. The minimum absolute atomic E-state index is 0.0671. The number of carbonyl (C=O) groups excluding carboxylic acids is 1. The molecular formula is C19H26F2N4O2S. The summed E-state index contributed by atoms with van der Waals surface area (Å²) < 4.78 is 29.6. The zero-order chi connectivity index (χ0) is 19.9. The fourth-order valence-corrected chi connectivity index (χ4v) is 4.84. The largest absolute Gasteiger partial charge is 0.464 e. The minimum Gasteiger partial charge on any atom is -0.464 e. The van der Waals surface area contributed by atoms with Gasteiger partial charge in [-0.1, -0.05) is 11.3 Å². The summed E-state index contributed by atoms with van der Waals surface area (Å²) in [7, 11) is 0. The third-order valence-electron chi connectivity index (χ3n) is 5.42. The molecule has 154 valence electrons. The van der Waals surface area contributed by atoms with E-state index in [4.69, 9.17) is 10.00 Å². The average molecular weight is 413 g/mol. The van der Waals surface area contributed by atoms with Crippen molar-refractivity contribution in [1.82, 2.24) is 15.2 Å². The van der Waals surface area contributed by atoms with Gasteiger partial charge in [0.25, 0.3) is 11.6 Å². The molecule has 0 atom stereocenters. The van der Waals surface area contributed by atoms with Crippen molar-refractivity contribution in [2.24, 2.45) is 5.92 Å². The predicted octanol–water partition coefficient (Wildman–Crippen LogP) is 3.12. The monoisotopic (exact) mass is 412 g/mol. The molecule has 1 N–H and O–H groups in total. The number of fused-ring (bicyclic) bond motifs is 1. The number of hydrogen-bond donors (Lipinski definition) is 1. The quantitative estimate of drug-likeness (QED) is 0.710. The van der Waals surface area contributed by atoms with Crippen LogP contribution >= 0.6 is 11.3 Å². The molecule has 1 saturated carbocycles. The number of nitrogens with zero attached hydrogens (tertiary/aromatic N) is 3. The van der Waals surface area contributed by atoms with Crippen LogP contribution in [0.25, 0.3) is 0 Å². The third-order valence-corrected chi connectivity index (χ3v) is 6.49. The molecule has 1 aliphatic heterocycles. The first-order chi connectivity index (χ1) is 13.5. The number of rotatable bonds is 8. The molecule has 1 amide bonds. The highest BCUT2D eigenvalue weighted by molar-refractivity contribution is 7.13. The van der Waals surface area contributed by atoms with E-state index in [0.717, 1.165) is 68.7 Å². The molecule has 0 aromatic carbocycles. The lowest BCUT2D eigenvalue weighted by Gasteiger charge is -2.31. The van der Waals surface area contributed by atoms with E-state index in [1.165, 1.54) is 11.3 Å². The Labute approximate surface area is 167 Å². The van der Waals surface area contributed by atoms with E-state index >= 15 is 0 Å². The summed E-state index contributed by atoms with van der Waals surface area (Å²) in [5.41, 5.74) is 0.962. The van der Waals surface area contributed by atoms with Gasteiger partial charge in [0.05, 0.1) is 11.8 Å². The molecule has 0 saturated heterocycles. The number of aromatic nitrogens is 1. The zero-order valence-electron chi connectivity index (χ0n) is 15.8. The second kappa shape index (κ2) is 10.1. The fraction of sp³-hybridized carbons (Fsp3) is 0.737. The number of halogens is 2. The topological polar surface area (TPSA) is 78.2 Å². The molecule has 0 unspecified atom stereocenters. The molecule has 0 radical (unpaired) electrons. The van der Waals surface area contributed by atoms with Crippen molar-refractivity contribution in [2.75, 3.05) is 19.7 Å². The SMILES string of the molecule is N#CCC(=O)NC1CCC(CCN2CCc3sc(OCC(F)F)nc3C2)CC1. The minimum atomic E-state index is -2.48. The van der Waals surface area contributed by atoms with Gasteiger partial charge in [0.1, 0.15) is 6.42 Å². The van der Waals surface area contributed by atoms with E-state index in [1.807, 2.05) is 6.07 Å². The Hall–Kier alpha value is -1.79. The molecule has 1 aliphatic carbocycles. The maximum Gasteiger partial charge on any atom is 0.273 e. The van der Waals surface area contributed by atoms with E-state index < -0.39 is 13.0 Å². The summed E-state index contributed by atoms with van der Waals surface area (Å²) in [6, 6.07) is 2.08. The van der Waals surface area contributed by atoms with Crippen molar-refractivity contribution in [3.05, 3.63) is 10.6 Å². The molecule has 2 heterocycles. The van der Waals surface area contributed by atoms with Crippen LogP contribution in [-0.4, -0.2) is 48.0 Å². The number of amides is 1. The van der Waals surface area contributed by atoms with Crippen molar-refractivity contribution in [1.29, 1.82) is 5.26 Å². The molecule has 0 spiro atoms. The maximum atomic E-state index is 12.3. The molecule has 3 rings (SSSR count). The van der Waals surface area contributed by atoms with Crippen LogP contribution in [0.2, 0.25) is 0 Å². The van der Waals surface area contributed by atoms with E-state index in [9.17, 15) is 13.6 Å². The molecule has 6 nitrogen and oxygen atoms in total. The number of thiazole rings is 1. The standard InChI is InChI=1S/C19H26F2N4O2S/c20-17(21)12-27-19-24-15-11-25(10-7-16(15)28-19)9-6-13-1-3-14(4-2-13)23-18(26)5-8-22/h13-14,17H,1-7,9-12H2,(H,23,26). The van der Waals surface area contributed by atoms with Crippen molar-refractivity contribution in [3.63, 3.8) is 0 Å². The van der Waals surface area contributed by atoms with Crippen LogP contribution in [0.3, 0.4) is 0 Å². The molecule has 1 aromatic heterocycles. The van der Waals surface area contributed by atoms with Crippen molar-refractivity contribution < 1.29 is 18.3 Å². The lowest BCUT2D eigenvalue weighted by atomic mass is 9.84. The molecule has 9 heteroatoms. The van der Waals surface area contributed by atoms with Gasteiger partial charge in [-0.05, 0) is 51.0 Å². The highest BCUT2D eigenvalue weighted by Crippen LogP contribution is 2.31. The summed E-state index contributed by atoms with van der Waals surface area (Å²) >= 11 is 1.39.